The number of aromatic nitrogens is 2. The number of nitrogens with zero attached hydrogens (tertiary/aromatic N) is 5. The van der Waals surface area contributed by atoms with Gasteiger partial charge in [0, 0.05) is 27.0 Å². The average molecular weight is 544 g/mol. The second kappa shape index (κ2) is 10.1. The van der Waals surface area contributed by atoms with Crippen LogP contribution in [0.4, 0.5) is 31.9 Å². The van der Waals surface area contributed by atoms with E-state index in [1.54, 1.807) is 0 Å². The molecule has 0 radical (unpaired) electrons. The fraction of sp³-hybridized carbons (Fsp3) is 0.593. The number of nitrogens with one attached hydrogen (secondary N) is 4. The van der Waals surface area contributed by atoms with Gasteiger partial charge in [-0.3, -0.25) is 10.3 Å². The topological polar surface area (TPSA) is 126 Å². The van der Waals surface area contributed by atoms with Crippen LogP contribution in [-0.4, -0.2) is 58.1 Å². The number of hydrogen-bond acceptors (Lipinski definition) is 9. The first-order chi connectivity index (χ1) is 18.7. The summed E-state index contributed by atoms with van der Waals surface area (Å²) in [6, 6.07) is 3.53. The van der Waals surface area contributed by atoms with Crippen LogP contribution in [0.2, 0.25) is 0 Å². The van der Waals surface area contributed by atoms with E-state index in [-0.39, 0.29) is 49.6 Å². The van der Waals surface area contributed by atoms with Crippen LogP contribution in [0, 0.1) is 28.5 Å². The molecule has 6 rings (SSSR count). The minimum atomic E-state index is -0.560. The summed E-state index contributed by atoms with van der Waals surface area (Å²) >= 11 is 0. The number of halogens is 2. The lowest BCUT2D eigenvalue weighted by molar-refractivity contribution is 0.000719. The van der Waals surface area contributed by atoms with Gasteiger partial charge in [-0.2, -0.15) is 10.5 Å². The first-order valence-electron chi connectivity index (χ1n) is 13.7. The molecular weight excluding hydrogens is 504 g/mol. The largest absolute Gasteiger partial charge is 0.380 e. The summed E-state index contributed by atoms with van der Waals surface area (Å²) in [4.78, 5) is 11.0. The molecule has 3 saturated heterocycles. The zero-order chi connectivity index (χ0) is 27.3. The van der Waals surface area contributed by atoms with Crippen LogP contribution in [0.15, 0.2) is 23.6 Å². The molecule has 4 heterocycles. The van der Waals surface area contributed by atoms with Crippen LogP contribution in [0.5, 0.6) is 0 Å². The van der Waals surface area contributed by atoms with Crippen molar-refractivity contribution in [3.8, 4) is 0 Å². The number of hydrogen-bond donors (Lipinski definition) is 4. The van der Waals surface area contributed by atoms with E-state index in [0.29, 0.717) is 30.5 Å². The number of fused-ring (bicyclic) bond motifs is 1. The molecule has 0 unspecified atom stereocenters. The average Bonchev–Trinajstić information content (AvgIpc) is 3.67. The van der Waals surface area contributed by atoms with Gasteiger partial charge in [0.2, 0.25) is 5.95 Å². The summed E-state index contributed by atoms with van der Waals surface area (Å²) in [5.41, 5.74) is 9.20. The van der Waals surface area contributed by atoms with Crippen LogP contribution in [0.3, 0.4) is 0 Å². The van der Waals surface area contributed by atoms with Crippen LogP contribution in [-0.2, 0) is 4.74 Å². The molecule has 0 amide bonds. The van der Waals surface area contributed by atoms with Gasteiger partial charge >= 0.3 is 0 Å². The quantitative estimate of drug-likeness (QED) is 0.138. The highest BCUT2D eigenvalue weighted by Gasteiger charge is 2.42. The van der Waals surface area contributed by atoms with E-state index in [2.05, 4.69) is 44.6 Å². The Balaban J connectivity index is 0.00000194. The molecule has 0 bridgehead atoms. The lowest BCUT2D eigenvalue weighted by Gasteiger charge is -2.42. The molecule has 1 aromatic carbocycles. The van der Waals surface area contributed by atoms with E-state index < -0.39 is 11.6 Å². The lowest BCUT2D eigenvalue weighted by Crippen LogP contribution is -2.50. The van der Waals surface area contributed by atoms with Gasteiger partial charge in [-0.05, 0) is 76.0 Å². The van der Waals surface area contributed by atoms with Crippen LogP contribution >= 0.6 is 0 Å². The summed E-state index contributed by atoms with van der Waals surface area (Å²) < 4.78 is 35.2. The predicted octanol–water partition coefficient (Wildman–Crippen LogP) is 6.06. The van der Waals surface area contributed by atoms with Gasteiger partial charge in [-0.25, -0.2) is 18.8 Å². The third-order valence-electron chi connectivity index (χ3n) is 8.63. The highest BCUT2D eigenvalue weighted by molar-refractivity contribution is 5.98. The molecule has 10 nitrogen and oxygen atoms in total. The Morgan fingerprint density at radius 3 is 2.69 bits per heavy atom. The molecule has 212 valence electrons. The molecule has 4 N–H and O–H groups in total. The third-order valence-corrected chi connectivity index (χ3v) is 8.63. The van der Waals surface area contributed by atoms with Crippen LogP contribution < -0.4 is 15.6 Å². The van der Waals surface area contributed by atoms with E-state index >= 15 is 4.39 Å². The van der Waals surface area contributed by atoms with Gasteiger partial charge in [-0.15, -0.1) is 0 Å². The van der Waals surface area contributed by atoms with E-state index in [4.69, 9.17) is 15.7 Å². The standard InChI is InChI=1S/C27H35F2N9O.2H2/c1-27(2)7-5-18-9-17(6-8-37(18)27)33-25-21(29)12-32-26(35-25)34-22-11-23(19(10-20(22)28)15-3-4-15)38(36-31)24(30)16-13-39-14-16;;/h10-12,15-18,30-31H,3-9,13-14H2,1-2H3,(H2,32,33,34,35);2*1H/t17-,18-;;/m0../s1. The SMILES string of the molecule is CC1(C)CC[C@H]2C[C@@H](Nc3nc(Nc4cc(N(N=N)C(=N)C5COC5)c(C5CC5)cc4F)ncc3F)CCN21.[HH].[HH]. The second-order valence-electron chi connectivity index (χ2n) is 11.8. The van der Waals surface area contributed by atoms with Crippen molar-refractivity contribution >= 4 is 29.0 Å². The summed E-state index contributed by atoms with van der Waals surface area (Å²) in [5, 5.41) is 19.5. The molecular formula is C27H39F2N9O. The molecule has 4 aliphatic rings. The minimum absolute atomic E-state index is 0. The van der Waals surface area contributed by atoms with Gasteiger partial charge in [0.15, 0.2) is 11.6 Å². The molecule has 2 atom stereocenters. The fourth-order valence-electron chi connectivity index (χ4n) is 6.14. The lowest BCUT2D eigenvalue weighted by atomic mass is 9.97. The van der Waals surface area contributed by atoms with Crippen molar-refractivity contribution in [1.29, 1.82) is 10.9 Å². The smallest absolute Gasteiger partial charge is 0.229 e. The molecule has 12 heteroatoms. The zero-order valence-corrected chi connectivity index (χ0v) is 22.3. The van der Waals surface area contributed by atoms with Crippen LogP contribution in [0.25, 0.3) is 0 Å². The summed E-state index contributed by atoms with van der Waals surface area (Å²) in [6.07, 6.45) is 7.01. The van der Waals surface area contributed by atoms with Crippen molar-refractivity contribution in [2.24, 2.45) is 11.1 Å². The van der Waals surface area contributed by atoms with Gasteiger partial charge in [-0.1, -0.05) is 5.22 Å². The summed E-state index contributed by atoms with van der Waals surface area (Å²) in [6.45, 7) is 6.31. The van der Waals surface area contributed by atoms with Crippen molar-refractivity contribution in [3.63, 3.8) is 0 Å². The van der Waals surface area contributed by atoms with Crippen molar-refractivity contribution in [2.75, 3.05) is 35.4 Å². The van der Waals surface area contributed by atoms with Crippen molar-refractivity contribution in [1.82, 2.24) is 14.9 Å². The Kier molecular flexibility index (Phi) is 6.70. The molecule has 2 aromatic rings. The molecule has 1 aliphatic carbocycles. The maximum absolute atomic E-state index is 15.3. The number of ether oxygens (including phenoxy) is 1. The maximum atomic E-state index is 15.3. The number of rotatable bonds is 8. The van der Waals surface area contributed by atoms with Crippen LogP contribution in [0.1, 0.15) is 66.7 Å². The monoisotopic (exact) mass is 543 g/mol. The zero-order valence-electron chi connectivity index (χ0n) is 22.3. The van der Waals surface area contributed by atoms with E-state index in [1.807, 2.05) is 0 Å². The van der Waals surface area contributed by atoms with Crippen molar-refractivity contribution < 1.29 is 16.4 Å². The van der Waals surface area contributed by atoms with E-state index in [1.165, 1.54) is 17.1 Å². The summed E-state index contributed by atoms with van der Waals surface area (Å²) in [5.74, 6) is -0.793. The number of anilines is 4. The first-order valence-corrected chi connectivity index (χ1v) is 13.7. The summed E-state index contributed by atoms with van der Waals surface area (Å²) in [7, 11) is 0. The molecule has 1 saturated carbocycles. The Morgan fingerprint density at radius 1 is 1.21 bits per heavy atom. The minimum Gasteiger partial charge on any atom is -0.380 e. The first kappa shape index (κ1) is 26.0. The third kappa shape index (κ3) is 5.07. The molecule has 39 heavy (non-hydrogen) atoms. The highest BCUT2D eigenvalue weighted by atomic mass is 19.1. The number of amidine groups is 1. The van der Waals surface area contributed by atoms with Gasteiger partial charge in [0.25, 0.3) is 0 Å². The van der Waals surface area contributed by atoms with Gasteiger partial charge in [0.1, 0.15) is 11.7 Å². The Labute approximate surface area is 229 Å². The molecule has 4 fully saturated rings. The predicted molar refractivity (Wildman–Crippen MR) is 148 cm³/mol. The van der Waals surface area contributed by atoms with Crippen molar-refractivity contribution in [2.45, 2.75) is 75.9 Å². The highest BCUT2D eigenvalue weighted by Crippen LogP contribution is 2.46. The number of piperidine rings is 1. The molecule has 1 aromatic heterocycles. The van der Waals surface area contributed by atoms with E-state index in [9.17, 15) is 4.39 Å². The normalized spacial score (nSPS) is 24.5. The Bertz CT molecular complexity index is 1290. The maximum Gasteiger partial charge on any atom is 0.229 e. The molecule has 3 aliphatic heterocycles. The second-order valence-corrected chi connectivity index (χ2v) is 11.8. The molecule has 0 spiro atoms. The van der Waals surface area contributed by atoms with Crippen molar-refractivity contribution in [3.05, 3.63) is 35.5 Å². The van der Waals surface area contributed by atoms with E-state index in [0.717, 1.165) is 51.3 Å². The number of benzene rings is 1. The van der Waals surface area contributed by atoms with Gasteiger partial charge in [0.05, 0.1) is 36.7 Å². The Morgan fingerprint density at radius 2 is 2.00 bits per heavy atom. The fourth-order valence-corrected chi connectivity index (χ4v) is 6.14. The van der Waals surface area contributed by atoms with Gasteiger partial charge < -0.3 is 15.4 Å². The Hall–Kier alpha value is -3.25.